The molecule has 1 saturated carbocycles. The average molecular weight is 245 g/mol. The minimum atomic E-state index is 0.427. The second kappa shape index (κ2) is 5.44. The maximum Gasteiger partial charge on any atom is -0.00117 e. The van der Waals surface area contributed by atoms with E-state index in [-0.39, 0.29) is 0 Å². The number of nitrogens with one attached hydrogen (secondary N) is 1. The quantitative estimate of drug-likeness (QED) is 0.804. The Morgan fingerprint density at radius 1 is 1.28 bits per heavy atom. The summed E-state index contributed by atoms with van der Waals surface area (Å²) in [5.41, 5.74) is 3.39. The monoisotopic (exact) mass is 245 g/mol. The smallest absolute Gasteiger partial charge is 0.00117 e. The molecule has 1 fully saturated rings. The standard InChI is InChI=1S/C17H27N/c1-5-14-6-8-15(9-7-14)17(4)10-16(17)12-18-11-13(2)3/h6-9,13,16,18H,5,10-12H2,1-4H3. The van der Waals surface area contributed by atoms with Crippen molar-refractivity contribution in [3.05, 3.63) is 35.4 Å². The van der Waals surface area contributed by atoms with Crippen molar-refractivity contribution in [2.24, 2.45) is 11.8 Å². The third kappa shape index (κ3) is 2.95. The van der Waals surface area contributed by atoms with Crippen molar-refractivity contribution in [1.82, 2.24) is 5.32 Å². The fourth-order valence-electron chi connectivity index (χ4n) is 2.77. The first-order valence-electron chi connectivity index (χ1n) is 7.36. The molecule has 0 aliphatic heterocycles. The van der Waals surface area contributed by atoms with Crippen LogP contribution in [0.2, 0.25) is 0 Å². The van der Waals surface area contributed by atoms with E-state index in [0.29, 0.717) is 5.41 Å². The van der Waals surface area contributed by atoms with E-state index in [0.717, 1.165) is 24.8 Å². The lowest BCUT2D eigenvalue weighted by molar-refractivity contribution is 0.515. The van der Waals surface area contributed by atoms with Crippen LogP contribution in [0.4, 0.5) is 0 Å². The predicted molar refractivity (Wildman–Crippen MR) is 79.0 cm³/mol. The molecular weight excluding hydrogens is 218 g/mol. The highest BCUT2D eigenvalue weighted by Crippen LogP contribution is 2.53. The Labute approximate surface area is 112 Å². The van der Waals surface area contributed by atoms with Gasteiger partial charge in [0.15, 0.2) is 0 Å². The summed E-state index contributed by atoms with van der Waals surface area (Å²) in [6.45, 7) is 11.5. The van der Waals surface area contributed by atoms with Gasteiger partial charge in [-0.15, -0.1) is 0 Å². The Kier molecular flexibility index (Phi) is 4.11. The van der Waals surface area contributed by atoms with E-state index in [9.17, 15) is 0 Å². The van der Waals surface area contributed by atoms with Gasteiger partial charge in [0.25, 0.3) is 0 Å². The number of hydrogen-bond donors (Lipinski definition) is 1. The lowest BCUT2D eigenvalue weighted by Gasteiger charge is -2.14. The van der Waals surface area contributed by atoms with E-state index in [1.165, 1.54) is 24.1 Å². The van der Waals surface area contributed by atoms with Crippen LogP contribution in [-0.4, -0.2) is 13.1 Å². The van der Waals surface area contributed by atoms with Gasteiger partial charge < -0.3 is 5.32 Å². The molecule has 2 atom stereocenters. The molecule has 100 valence electrons. The Bertz CT molecular complexity index is 379. The van der Waals surface area contributed by atoms with Crippen LogP contribution in [0.1, 0.15) is 45.2 Å². The van der Waals surface area contributed by atoms with E-state index in [4.69, 9.17) is 0 Å². The first kappa shape index (κ1) is 13.6. The van der Waals surface area contributed by atoms with Gasteiger partial charge in [-0.25, -0.2) is 0 Å². The summed E-state index contributed by atoms with van der Waals surface area (Å²) in [6, 6.07) is 9.25. The lowest BCUT2D eigenvalue weighted by Crippen LogP contribution is -2.24. The largest absolute Gasteiger partial charge is 0.316 e. The van der Waals surface area contributed by atoms with Crippen molar-refractivity contribution < 1.29 is 0 Å². The van der Waals surface area contributed by atoms with E-state index >= 15 is 0 Å². The molecule has 1 aliphatic rings. The molecule has 0 aromatic heterocycles. The normalized spacial score (nSPS) is 26.6. The van der Waals surface area contributed by atoms with Crippen molar-refractivity contribution in [1.29, 1.82) is 0 Å². The molecule has 2 unspecified atom stereocenters. The van der Waals surface area contributed by atoms with Gasteiger partial charge in [0.1, 0.15) is 0 Å². The molecule has 1 aromatic rings. The fourth-order valence-corrected chi connectivity index (χ4v) is 2.77. The number of hydrogen-bond acceptors (Lipinski definition) is 1. The van der Waals surface area contributed by atoms with Gasteiger partial charge >= 0.3 is 0 Å². The maximum atomic E-state index is 3.59. The van der Waals surface area contributed by atoms with Crippen LogP contribution >= 0.6 is 0 Å². The predicted octanol–water partition coefficient (Wildman–Crippen LogP) is 3.77. The van der Waals surface area contributed by atoms with E-state index in [1.807, 2.05) is 0 Å². The van der Waals surface area contributed by atoms with Crippen molar-refractivity contribution in [2.75, 3.05) is 13.1 Å². The van der Waals surface area contributed by atoms with E-state index in [2.05, 4.69) is 57.3 Å². The number of rotatable bonds is 6. The molecule has 1 N–H and O–H groups in total. The Balaban J connectivity index is 1.89. The Hall–Kier alpha value is -0.820. The van der Waals surface area contributed by atoms with Gasteiger partial charge in [-0.2, -0.15) is 0 Å². The molecule has 1 aromatic carbocycles. The Morgan fingerprint density at radius 3 is 2.50 bits per heavy atom. The molecule has 0 saturated heterocycles. The van der Waals surface area contributed by atoms with Gasteiger partial charge in [0.2, 0.25) is 0 Å². The highest BCUT2D eigenvalue weighted by atomic mass is 14.9. The molecular formula is C17H27N. The van der Waals surface area contributed by atoms with Crippen molar-refractivity contribution in [3.63, 3.8) is 0 Å². The minimum absolute atomic E-state index is 0.427. The summed E-state index contributed by atoms with van der Waals surface area (Å²) in [7, 11) is 0. The van der Waals surface area contributed by atoms with Crippen LogP contribution < -0.4 is 5.32 Å². The topological polar surface area (TPSA) is 12.0 Å². The van der Waals surface area contributed by atoms with Gasteiger partial charge in [-0.05, 0) is 54.3 Å². The zero-order chi connectivity index (χ0) is 13.2. The maximum absolute atomic E-state index is 3.59. The van der Waals surface area contributed by atoms with Crippen LogP contribution in [0.25, 0.3) is 0 Å². The number of aryl methyl sites for hydroxylation is 1. The van der Waals surface area contributed by atoms with Crippen LogP contribution in [-0.2, 0) is 11.8 Å². The van der Waals surface area contributed by atoms with E-state index < -0.39 is 0 Å². The minimum Gasteiger partial charge on any atom is -0.316 e. The fraction of sp³-hybridized carbons (Fsp3) is 0.647. The molecule has 1 aliphatic carbocycles. The molecule has 0 bridgehead atoms. The zero-order valence-electron chi connectivity index (χ0n) is 12.3. The summed E-state index contributed by atoms with van der Waals surface area (Å²) in [5.74, 6) is 1.57. The molecule has 0 amide bonds. The zero-order valence-corrected chi connectivity index (χ0v) is 12.3. The van der Waals surface area contributed by atoms with Crippen molar-refractivity contribution in [3.8, 4) is 0 Å². The molecule has 0 radical (unpaired) electrons. The highest BCUT2D eigenvalue weighted by Gasteiger charge is 2.50. The van der Waals surface area contributed by atoms with Gasteiger partial charge in [-0.3, -0.25) is 0 Å². The average Bonchev–Trinajstić information content (AvgIpc) is 3.01. The van der Waals surface area contributed by atoms with Crippen LogP contribution in [0.3, 0.4) is 0 Å². The lowest BCUT2D eigenvalue weighted by atomic mass is 9.94. The molecule has 1 heteroatoms. The second-order valence-electron chi connectivity index (χ2n) is 6.42. The molecule has 18 heavy (non-hydrogen) atoms. The second-order valence-corrected chi connectivity index (χ2v) is 6.42. The Morgan fingerprint density at radius 2 is 1.94 bits per heavy atom. The SMILES string of the molecule is CCc1ccc(C2(C)CC2CNCC(C)C)cc1. The summed E-state index contributed by atoms with van der Waals surface area (Å²) in [4.78, 5) is 0. The summed E-state index contributed by atoms with van der Waals surface area (Å²) in [5, 5.41) is 3.59. The molecule has 2 rings (SSSR count). The van der Waals surface area contributed by atoms with Crippen molar-refractivity contribution in [2.45, 2.75) is 46.0 Å². The van der Waals surface area contributed by atoms with E-state index in [1.54, 1.807) is 0 Å². The van der Waals surface area contributed by atoms with Gasteiger partial charge in [-0.1, -0.05) is 52.0 Å². The summed E-state index contributed by atoms with van der Waals surface area (Å²) >= 11 is 0. The van der Waals surface area contributed by atoms with Crippen LogP contribution in [0.15, 0.2) is 24.3 Å². The molecule has 1 nitrogen and oxygen atoms in total. The van der Waals surface area contributed by atoms with Gasteiger partial charge in [0, 0.05) is 0 Å². The highest BCUT2D eigenvalue weighted by molar-refractivity contribution is 5.35. The van der Waals surface area contributed by atoms with Crippen LogP contribution in [0, 0.1) is 11.8 Å². The van der Waals surface area contributed by atoms with Gasteiger partial charge in [0.05, 0.1) is 0 Å². The van der Waals surface area contributed by atoms with Crippen molar-refractivity contribution >= 4 is 0 Å². The first-order chi connectivity index (χ1) is 8.56. The van der Waals surface area contributed by atoms with Crippen LogP contribution in [0.5, 0.6) is 0 Å². The third-order valence-electron chi connectivity index (χ3n) is 4.38. The first-order valence-corrected chi connectivity index (χ1v) is 7.36. The summed E-state index contributed by atoms with van der Waals surface area (Å²) in [6.07, 6.45) is 2.47. The molecule has 0 heterocycles. The molecule has 0 spiro atoms. The third-order valence-corrected chi connectivity index (χ3v) is 4.38. The number of benzene rings is 1. The summed E-state index contributed by atoms with van der Waals surface area (Å²) < 4.78 is 0.